The predicted octanol–water partition coefficient (Wildman–Crippen LogP) is 4.01. The van der Waals surface area contributed by atoms with Crippen LogP contribution in [0.1, 0.15) is 0 Å². The summed E-state index contributed by atoms with van der Waals surface area (Å²) in [5, 5.41) is 0.210. The highest BCUT2D eigenvalue weighted by Gasteiger charge is 2.10. The van der Waals surface area contributed by atoms with Crippen molar-refractivity contribution in [3.63, 3.8) is 0 Å². The highest BCUT2D eigenvalue weighted by molar-refractivity contribution is 9.10. The second-order valence-corrected chi connectivity index (χ2v) is 4.43. The maximum atomic E-state index is 13.4. The normalized spacial score (nSPS) is 10.3. The van der Waals surface area contributed by atoms with Crippen molar-refractivity contribution in [3.05, 3.63) is 45.8 Å². The fraction of sp³-hybridized carbons (Fsp3) is 0. The molecule has 3 nitrogen and oxygen atoms in total. The summed E-state index contributed by atoms with van der Waals surface area (Å²) >= 11 is 8.84. The molecule has 0 fully saturated rings. The summed E-state index contributed by atoms with van der Waals surface area (Å²) in [5.41, 5.74) is 6.17. The SMILES string of the molecule is Nc1cccc(Oc2ncc(Cl)cc2F)c1Br. The Morgan fingerprint density at radius 3 is 2.88 bits per heavy atom. The molecule has 0 bridgehead atoms. The number of halogens is 3. The molecule has 0 atom stereocenters. The van der Waals surface area contributed by atoms with Gasteiger partial charge in [0.05, 0.1) is 9.50 Å². The molecule has 0 aliphatic carbocycles. The van der Waals surface area contributed by atoms with E-state index in [1.165, 1.54) is 6.20 Å². The van der Waals surface area contributed by atoms with Crippen LogP contribution in [0.5, 0.6) is 11.6 Å². The van der Waals surface area contributed by atoms with Gasteiger partial charge < -0.3 is 10.5 Å². The van der Waals surface area contributed by atoms with Crippen LogP contribution < -0.4 is 10.5 Å². The molecule has 2 rings (SSSR count). The van der Waals surface area contributed by atoms with Crippen LogP contribution >= 0.6 is 27.5 Å². The number of anilines is 1. The summed E-state index contributed by atoms with van der Waals surface area (Å²) in [5.74, 6) is -0.397. The van der Waals surface area contributed by atoms with Crippen LogP contribution in [0.15, 0.2) is 34.9 Å². The summed E-state index contributed by atoms with van der Waals surface area (Å²) in [6.07, 6.45) is 1.31. The average molecular weight is 318 g/mol. The lowest BCUT2D eigenvalue weighted by Gasteiger charge is -2.08. The number of nitrogen functional groups attached to an aromatic ring is 1. The molecule has 6 heteroatoms. The smallest absolute Gasteiger partial charge is 0.256 e. The molecule has 0 radical (unpaired) electrons. The van der Waals surface area contributed by atoms with Crippen molar-refractivity contribution in [1.82, 2.24) is 4.98 Å². The van der Waals surface area contributed by atoms with Gasteiger partial charge in [0.15, 0.2) is 5.82 Å². The van der Waals surface area contributed by atoms with Crippen molar-refractivity contribution in [3.8, 4) is 11.6 Å². The van der Waals surface area contributed by atoms with E-state index < -0.39 is 5.82 Å². The highest BCUT2D eigenvalue weighted by Crippen LogP contribution is 2.34. The minimum Gasteiger partial charge on any atom is -0.435 e. The summed E-state index contributed by atoms with van der Waals surface area (Å²) in [6.45, 7) is 0. The number of ether oxygens (including phenoxy) is 1. The summed E-state index contributed by atoms with van der Waals surface area (Å²) in [7, 11) is 0. The molecule has 0 saturated heterocycles. The largest absolute Gasteiger partial charge is 0.435 e. The molecule has 2 aromatic rings. The Balaban J connectivity index is 2.35. The number of hydrogen-bond donors (Lipinski definition) is 1. The van der Waals surface area contributed by atoms with Gasteiger partial charge in [0.1, 0.15) is 5.75 Å². The van der Waals surface area contributed by atoms with Crippen LogP contribution in [0.4, 0.5) is 10.1 Å². The van der Waals surface area contributed by atoms with Crippen molar-refractivity contribution in [2.75, 3.05) is 5.73 Å². The monoisotopic (exact) mass is 316 g/mol. The number of aromatic nitrogens is 1. The van der Waals surface area contributed by atoms with E-state index in [2.05, 4.69) is 20.9 Å². The predicted molar refractivity (Wildman–Crippen MR) is 67.8 cm³/mol. The first kappa shape index (κ1) is 12.1. The molecule has 1 aromatic carbocycles. The second kappa shape index (κ2) is 4.89. The van der Waals surface area contributed by atoms with Crippen LogP contribution in [0.2, 0.25) is 5.02 Å². The van der Waals surface area contributed by atoms with Crippen molar-refractivity contribution < 1.29 is 9.13 Å². The molecule has 17 heavy (non-hydrogen) atoms. The van der Waals surface area contributed by atoms with E-state index in [-0.39, 0.29) is 10.9 Å². The van der Waals surface area contributed by atoms with Gasteiger partial charge in [-0.05, 0) is 34.1 Å². The third kappa shape index (κ3) is 2.68. The van der Waals surface area contributed by atoms with Gasteiger partial charge in [0.25, 0.3) is 5.88 Å². The van der Waals surface area contributed by atoms with E-state index in [9.17, 15) is 4.39 Å². The molecule has 0 amide bonds. The van der Waals surface area contributed by atoms with Crippen LogP contribution in [0.3, 0.4) is 0 Å². The zero-order chi connectivity index (χ0) is 12.4. The molecule has 1 aromatic heterocycles. The topological polar surface area (TPSA) is 48.1 Å². The number of nitrogens with zero attached hydrogens (tertiary/aromatic N) is 1. The Bertz CT molecular complexity index is 565. The third-order valence-corrected chi connectivity index (χ3v) is 3.03. The summed E-state index contributed by atoms with van der Waals surface area (Å²) in [6, 6.07) is 6.17. The lowest BCUT2D eigenvalue weighted by atomic mass is 10.3. The first-order chi connectivity index (χ1) is 8.08. The van der Waals surface area contributed by atoms with Crippen molar-refractivity contribution in [2.45, 2.75) is 0 Å². The molecule has 0 aliphatic rings. The molecule has 0 saturated carbocycles. The molecule has 0 spiro atoms. The van der Waals surface area contributed by atoms with Gasteiger partial charge >= 0.3 is 0 Å². The highest BCUT2D eigenvalue weighted by atomic mass is 79.9. The minimum atomic E-state index is -0.633. The molecule has 88 valence electrons. The van der Waals surface area contributed by atoms with Crippen LogP contribution in [0.25, 0.3) is 0 Å². The Morgan fingerprint density at radius 1 is 1.41 bits per heavy atom. The van der Waals surface area contributed by atoms with Gasteiger partial charge in [-0.1, -0.05) is 17.7 Å². The second-order valence-electron chi connectivity index (χ2n) is 3.20. The molecule has 0 aliphatic heterocycles. The van der Waals surface area contributed by atoms with Gasteiger partial charge in [-0.15, -0.1) is 0 Å². The van der Waals surface area contributed by atoms with Crippen LogP contribution in [0, 0.1) is 5.82 Å². The van der Waals surface area contributed by atoms with Gasteiger partial charge in [0, 0.05) is 11.9 Å². The van der Waals surface area contributed by atoms with Crippen molar-refractivity contribution >= 4 is 33.2 Å². The first-order valence-electron chi connectivity index (χ1n) is 4.61. The van der Waals surface area contributed by atoms with E-state index in [4.69, 9.17) is 22.1 Å². The van der Waals surface area contributed by atoms with E-state index in [1.807, 2.05) is 0 Å². The molecular formula is C11H7BrClFN2O. The lowest BCUT2D eigenvalue weighted by Crippen LogP contribution is -1.94. The van der Waals surface area contributed by atoms with E-state index in [0.29, 0.717) is 15.9 Å². The number of benzene rings is 1. The van der Waals surface area contributed by atoms with Crippen LogP contribution in [-0.4, -0.2) is 4.98 Å². The first-order valence-corrected chi connectivity index (χ1v) is 5.78. The van der Waals surface area contributed by atoms with Gasteiger partial charge in [-0.3, -0.25) is 0 Å². The zero-order valence-corrected chi connectivity index (χ0v) is 10.8. The number of hydrogen-bond acceptors (Lipinski definition) is 3. The molecular weight excluding hydrogens is 310 g/mol. The average Bonchev–Trinajstić information content (AvgIpc) is 2.28. The van der Waals surface area contributed by atoms with Crippen molar-refractivity contribution in [1.29, 1.82) is 0 Å². The van der Waals surface area contributed by atoms with E-state index in [1.54, 1.807) is 18.2 Å². The number of pyridine rings is 1. The zero-order valence-electron chi connectivity index (χ0n) is 8.45. The van der Waals surface area contributed by atoms with Gasteiger partial charge in [0.2, 0.25) is 0 Å². The summed E-state index contributed by atoms with van der Waals surface area (Å²) in [4.78, 5) is 3.75. The van der Waals surface area contributed by atoms with Gasteiger partial charge in [-0.2, -0.15) is 0 Å². The standard InChI is InChI=1S/C11H7BrClFN2O/c12-10-8(15)2-1-3-9(10)17-11-7(14)4-6(13)5-16-11/h1-5H,15H2. The maximum absolute atomic E-state index is 13.4. The number of nitrogens with two attached hydrogens (primary N) is 1. The van der Waals surface area contributed by atoms with Gasteiger partial charge in [-0.25, -0.2) is 9.37 Å². The minimum absolute atomic E-state index is 0.152. The van der Waals surface area contributed by atoms with E-state index in [0.717, 1.165) is 6.07 Å². The quantitative estimate of drug-likeness (QED) is 0.851. The fourth-order valence-corrected chi connectivity index (χ4v) is 1.68. The molecule has 0 unspecified atom stereocenters. The lowest BCUT2D eigenvalue weighted by molar-refractivity contribution is 0.421. The fourth-order valence-electron chi connectivity index (χ4n) is 1.19. The Kier molecular flexibility index (Phi) is 3.49. The van der Waals surface area contributed by atoms with E-state index >= 15 is 0 Å². The van der Waals surface area contributed by atoms with Crippen molar-refractivity contribution in [2.24, 2.45) is 0 Å². The molecule has 1 heterocycles. The Morgan fingerprint density at radius 2 is 2.18 bits per heavy atom. The maximum Gasteiger partial charge on any atom is 0.256 e. The molecule has 2 N–H and O–H groups in total. The Labute approximate surface area is 110 Å². The third-order valence-electron chi connectivity index (χ3n) is 1.97. The number of rotatable bonds is 2. The summed E-state index contributed by atoms with van der Waals surface area (Å²) < 4.78 is 19.3. The Hall–Kier alpha value is -1.33. The van der Waals surface area contributed by atoms with Crippen LogP contribution in [-0.2, 0) is 0 Å².